The van der Waals surface area contributed by atoms with Crippen molar-refractivity contribution in [3.05, 3.63) is 17.8 Å². The number of piperazine rings is 1. The highest BCUT2D eigenvalue weighted by atomic mass is 127. The van der Waals surface area contributed by atoms with Crippen molar-refractivity contribution in [2.45, 2.75) is 66.0 Å². The molecule has 2 heterocycles. The molecule has 0 bridgehead atoms. The number of amides is 1. The molecule has 0 unspecified atom stereocenters. The maximum Gasteiger partial charge on any atom is 0.410 e. The summed E-state index contributed by atoms with van der Waals surface area (Å²) in [4.78, 5) is 25.2. The third-order valence-electron chi connectivity index (χ3n) is 4.75. The Morgan fingerprint density at radius 3 is 2.34 bits per heavy atom. The Bertz CT molecular complexity index is 731. The van der Waals surface area contributed by atoms with Crippen molar-refractivity contribution in [3.63, 3.8) is 0 Å². The molecule has 0 atom stereocenters. The number of guanidine groups is 1. The number of halogens is 1. The molecule has 0 saturated carbocycles. The predicted molar refractivity (Wildman–Crippen MR) is 138 cm³/mol. The van der Waals surface area contributed by atoms with Gasteiger partial charge in [-0.3, -0.25) is 4.90 Å². The van der Waals surface area contributed by atoms with Crippen molar-refractivity contribution in [2.24, 2.45) is 4.99 Å². The van der Waals surface area contributed by atoms with Gasteiger partial charge in [0.05, 0.1) is 6.20 Å². The SMILES string of the molecule is CCNC(=NCc1ncc(C(C)(C)C)o1)NCCN1CCN(C(=O)OC(C)(C)C)CC1.I. The highest BCUT2D eigenvalue weighted by molar-refractivity contribution is 14.0. The van der Waals surface area contributed by atoms with Gasteiger partial charge in [-0.25, -0.2) is 14.8 Å². The second-order valence-corrected chi connectivity index (χ2v) is 9.80. The van der Waals surface area contributed by atoms with Gasteiger partial charge >= 0.3 is 6.09 Å². The number of hydrogen-bond donors (Lipinski definition) is 2. The van der Waals surface area contributed by atoms with Gasteiger partial charge in [-0.15, -0.1) is 24.0 Å². The Morgan fingerprint density at radius 2 is 1.81 bits per heavy atom. The smallest absolute Gasteiger partial charge is 0.410 e. The first kappa shape index (κ1) is 28.5. The van der Waals surface area contributed by atoms with E-state index in [0.717, 1.165) is 44.4 Å². The number of ether oxygens (including phenoxy) is 1. The summed E-state index contributed by atoms with van der Waals surface area (Å²) in [5.41, 5.74) is -0.523. The molecule has 1 aliphatic rings. The highest BCUT2D eigenvalue weighted by Crippen LogP contribution is 2.22. The first-order chi connectivity index (χ1) is 14.5. The second kappa shape index (κ2) is 12.6. The fourth-order valence-electron chi connectivity index (χ4n) is 3.03. The number of nitrogens with one attached hydrogen (secondary N) is 2. The number of oxazole rings is 1. The molecule has 1 saturated heterocycles. The molecule has 1 aromatic rings. The molecule has 32 heavy (non-hydrogen) atoms. The topological polar surface area (TPSA) is 95.2 Å². The Hall–Kier alpha value is -1.56. The van der Waals surface area contributed by atoms with E-state index >= 15 is 0 Å². The number of nitrogens with zero attached hydrogens (tertiary/aromatic N) is 4. The summed E-state index contributed by atoms with van der Waals surface area (Å²) in [5, 5.41) is 6.62. The van der Waals surface area contributed by atoms with Crippen LogP contribution in [-0.4, -0.2) is 78.3 Å². The largest absolute Gasteiger partial charge is 0.444 e. The van der Waals surface area contributed by atoms with Crippen molar-refractivity contribution in [3.8, 4) is 0 Å². The van der Waals surface area contributed by atoms with Crippen molar-refractivity contribution >= 4 is 36.0 Å². The predicted octanol–water partition coefficient (Wildman–Crippen LogP) is 3.20. The number of hydrogen-bond acceptors (Lipinski definition) is 6. The third-order valence-corrected chi connectivity index (χ3v) is 4.75. The highest BCUT2D eigenvalue weighted by Gasteiger charge is 2.25. The molecule has 184 valence electrons. The molecule has 1 amide bonds. The lowest BCUT2D eigenvalue weighted by Crippen LogP contribution is -2.51. The first-order valence-corrected chi connectivity index (χ1v) is 11.2. The summed E-state index contributed by atoms with van der Waals surface area (Å²) in [6.07, 6.45) is 1.55. The maximum atomic E-state index is 12.2. The summed E-state index contributed by atoms with van der Waals surface area (Å²) in [7, 11) is 0. The molecule has 9 nitrogen and oxygen atoms in total. The zero-order chi connectivity index (χ0) is 23.1. The van der Waals surface area contributed by atoms with E-state index in [9.17, 15) is 4.79 Å². The van der Waals surface area contributed by atoms with Gasteiger partial charge in [-0.2, -0.15) is 0 Å². The van der Waals surface area contributed by atoms with E-state index in [2.05, 4.69) is 46.3 Å². The van der Waals surface area contributed by atoms with E-state index in [4.69, 9.17) is 9.15 Å². The second-order valence-electron chi connectivity index (χ2n) is 9.80. The van der Waals surface area contributed by atoms with Crippen molar-refractivity contribution in [2.75, 3.05) is 45.8 Å². The minimum absolute atomic E-state index is 0. The number of aliphatic imine (C=N–C) groups is 1. The van der Waals surface area contributed by atoms with E-state index in [-0.39, 0.29) is 35.5 Å². The fraction of sp³-hybridized carbons (Fsp3) is 0.773. The van der Waals surface area contributed by atoms with Crippen LogP contribution in [0.3, 0.4) is 0 Å². The molecule has 0 aromatic carbocycles. The Kier molecular flexibility index (Phi) is 11.2. The lowest BCUT2D eigenvalue weighted by atomic mass is 9.94. The van der Waals surface area contributed by atoms with Crippen LogP contribution < -0.4 is 10.6 Å². The summed E-state index contributed by atoms with van der Waals surface area (Å²) in [6, 6.07) is 0. The van der Waals surface area contributed by atoms with Gasteiger partial charge in [0.25, 0.3) is 0 Å². The van der Waals surface area contributed by atoms with Gasteiger partial charge in [0.15, 0.2) is 5.96 Å². The molecular formula is C22H41IN6O3. The molecule has 0 spiro atoms. The minimum atomic E-state index is -0.459. The summed E-state index contributed by atoms with van der Waals surface area (Å²) in [6.45, 7) is 19.8. The van der Waals surface area contributed by atoms with E-state index in [1.54, 1.807) is 11.1 Å². The van der Waals surface area contributed by atoms with Crippen LogP contribution in [0.1, 0.15) is 60.1 Å². The third kappa shape index (κ3) is 9.93. The number of aromatic nitrogens is 1. The monoisotopic (exact) mass is 564 g/mol. The van der Waals surface area contributed by atoms with Crippen molar-refractivity contribution in [1.82, 2.24) is 25.4 Å². The van der Waals surface area contributed by atoms with Crippen LogP contribution in [0.25, 0.3) is 0 Å². The van der Waals surface area contributed by atoms with Crippen LogP contribution in [0, 0.1) is 0 Å². The Morgan fingerprint density at radius 1 is 1.16 bits per heavy atom. The van der Waals surface area contributed by atoms with Gasteiger partial charge < -0.3 is 24.7 Å². The number of carbonyl (C=O) groups excluding carboxylic acids is 1. The minimum Gasteiger partial charge on any atom is -0.444 e. The van der Waals surface area contributed by atoms with Crippen LogP contribution in [0.15, 0.2) is 15.6 Å². The van der Waals surface area contributed by atoms with Crippen LogP contribution in [-0.2, 0) is 16.7 Å². The van der Waals surface area contributed by atoms with Crippen LogP contribution in [0.2, 0.25) is 0 Å². The van der Waals surface area contributed by atoms with Crippen molar-refractivity contribution in [1.29, 1.82) is 0 Å². The lowest BCUT2D eigenvalue weighted by molar-refractivity contribution is 0.0147. The van der Waals surface area contributed by atoms with E-state index < -0.39 is 5.60 Å². The van der Waals surface area contributed by atoms with Crippen LogP contribution >= 0.6 is 24.0 Å². The van der Waals surface area contributed by atoms with E-state index in [1.165, 1.54) is 0 Å². The molecule has 0 aliphatic carbocycles. The van der Waals surface area contributed by atoms with Gasteiger partial charge in [-0.05, 0) is 27.7 Å². The van der Waals surface area contributed by atoms with E-state index in [1.807, 2.05) is 27.7 Å². The maximum absolute atomic E-state index is 12.2. The summed E-state index contributed by atoms with van der Waals surface area (Å²) >= 11 is 0. The lowest BCUT2D eigenvalue weighted by Gasteiger charge is -2.35. The first-order valence-electron chi connectivity index (χ1n) is 11.2. The molecule has 1 fully saturated rings. The van der Waals surface area contributed by atoms with E-state index in [0.29, 0.717) is 25.5 Å². The fourth-order valence-corrected chi connectivity index (χ4v) is 3.03. The Balaban J connectivity index is 0.00000512. The van der Waals surface area contributed by atoms with Gasteiger partial charge in [-0.1, -0.05) is 20.8 Å². The standard InChI is InChI=1S/C22H40N6O3.HI/c1-8-23-19(26-16-18-25-15-17(30-18)21(2,3)4)24-9-10-27-11-13-28(14-12-27)20(29)31-22(5,6)7;/h15H,8-14,16H2,1-7H3,(H2,23,24,26);1H. The van der Waals surface area contributed by atoms with Crippen LogP contribution in [0.4, 0.5) is 4.79 Å². The van der Waals surface area contributed by atoms with Crippen LogP contribution in [0.5, 0.6) is 0 Å². The normalized spacial score (nSPS) is 15.8. The molecular weight excluding hydrogens is 523 g/mol. The summed E-state index contributed by atoms with van der Waals surface area (Å²) in [5.74, 6) is 2.21. The molecule has 10 heteroatoms. The van der Waals surface area contributed by atoms with Gasteiger partial charge in [0.2, 0.25) is 5.89 Å². The zero-order valence-electron chi connectivity index (χ0n) is 20.7. The molecule has 2 rings (SSSR count). The molecule has 0 radical (unpaired) electrons. The molecule has 1 aliphatic heterocycles. The summed E-state index contributed by atoms with van der Waals surface area (Å²) < 4.78 is 11.3. The number of rotatable bonds is 6. The quantitative estimate of drug-likeness (QED) is 0.311. The average molecular weight is 565 g/mol. The Labute approximate surface area is 209 Å². The molecule has 1 aromatic heterocycles. The molecule has 2 N–H and O–H groups in total. The van der Waals surface area contributed by atoms with Gasteiger partial charge in [0.1, 0.15) is 17.9 Å². The van der Waals surface area contributed by atoms with Crippen molar-refractivity contribution < 1.29 is 13.9 Å². The van der Waals surface area contributed by atoms with Gasteiger partial charge in [0, 0.05) is 51.2 Å². The zero-order valence-corrected chi connectivity index (χ0v) is 23.0. The number of carbonyl (C=O) groups is 1. The average Bonchev–Trinajstić information content (AvgIpc) is 3.15.